The van der Waals surface area contributed by atoms with Crippen LogP contribution in [0.1, 0.15) is 30.9 Å². The summed E-state index contributed by atoms with van der Waals surface area (Å²) in [7, 11) is 3.96. The summed E-state index contributed by atoms with van der Waals surface area (Å²) in [4.78, 5) is 16.3. The molecule has 0 bridgehead atoms. The molecule has 122 valence electrons. The molecule has 0 spiro atoms. The number of amides is 1. The van der Waals surface area contributed by atoms with Crippen LogP contribution in [0.25, 0.3) is 0 Å². The molecule has 0 saturated carbocycles. The van der Waals surface area contributed by atoms with Crippen LogP contribution in [0.2, 0.25) is 5.02 Å². The lowest BCUT2D eigenvalue weighted by atomic mass is 9.96. The Hall–Kier alpha value is -1.10. The fraction of sp³-hybridized carbons (Fsp3) is 0.588. The van der Waals surface area contributed by atoms with Crippen molar-refractivity contribution in [3.05, 3.63) is 34.9 Å². The monoisotopic (exact) mass is 324 g/mol. The van der Waals surface area contributed by atoms with Gasteiger partial charge in [-0.3, -0.25) is 4.79 Å². The van der Waals surface area contributed by atoms with Gasteiger partial charge in [-0.05, 0) is 56.6 Å². The van der Waals surface area contributed by atoms with E-state index in [1.54, 1.807) is 29.2 Å². The lowest BCUT2D eigenvalue weighted by molar-refractivity contribution is -0.132. The average Bonchev–Trinajstić information content (AvgIpc) is 2.50. The molecule has 5 heteroatoms. The molecular formula is C17H25ClN2O2. The highest BCUT2D eigenvalue weighted by Crippen LogP contribution is 2.21. The van der Waals surface area contributed by atoms with Crippen molar-refractivity contribution in [2.24, 2.45) is 5.92 Å². The largest absolute Gasteiger partial charge is 0.388 e. The number of rotatable bonds is 5. The second kappa shape index (κ2) is 7.95. The Bertz CT molecular complexity index is 484. The number of nitrogens with zero attached hydrogens (tertiary/aromatic N) is 2. The molecule has 1 atom stereocenters. The number of aliphatic hydroxyl groups excluding tert-OH is 1. The summed E-state index contributed by atoms with van der Waals surface area (Å²) in [5.41, 5.74) is 0.727. The Labute approximate surface area is 137 Å². The highest BCUT2D eigenvalue weighted by Gasteiger charge is 2.22. The first-order valence-electron chi connectivity index (χ1n) is 7.81. The van der Waals surface area contributed by atoms with Crippen molar-refractivity contribution in [3.63, 3.8) is 0 Å². The summed E-state index contributed by atoms with van der Waals surface area (Å²) in [6.45, 7) is 2.97. The Balaban J connectivity index is 1.81. The van der Waals surface area contributed by atoms with E-state index in [9.17, 15) is 9.90 Å². The third-order valence-electron chi connectivity index (χ3n) is 4.42. The molecule has 1 amide bonds. The van der Waals surface area contributed by atoms with E-state index in [2.05, 4.69) is 11.9 Å². The number of benzene rings is 1. The van der Waals surface area contributed by atoms with E-state index in [1.165, 1.54) is 0 Å². The van der Waals surface area contributed by atoms with Crippen LogP contribution in [-0.2, 0) is 4.79 Å². The van der Waals surface area contributed by atoms with Crippen LogP contribution in [0.3, 0.4) is 0 Å². The van der Waals surface area contributed by atoms with E-state index in [4.69, 9.17) is 11.6 Å². The quantitative estimate of drug-likeness (QED) is 0.905. The van der Waals surface area contributed by atoms with E-state index < -0.39 is 6.10 Å². The Morgan fingerprint density at radius 2 is 1.95 bits per heavy atom. The van der Waals surface area contributed by atoms with Crippen molar-refractivity contribution < 1.29 is 9.90 Å². The fourth-order valence-electron chi connectivity index (χ4n) is 2.86. The molecule has 0 radical (unpaired) electrons. The fourth-order valence-corrected chi connectivity index (χ4v) is 2.98. The van der Waals surface area contributed by atoms with Gasteiger partial charge < -0.3 is 14.9 Å². The van der Waals surface area contributed by atoms with Gasteiger partial charge in [0, 0.05) is 18.6 Å². The van der Waals surface area contributed by atoms with E-state index in [-0.39, 0.29) is 12.3 Å². The lowest BCUT2D eigenvalue weighted by Gasteiger charge is -2.32. The van der Waals surface area contributed by atoms with Crippen LogP contribution in [0, 0.1) is 5.92 Å². The zero-order valence-electron chi connectivity index (χ0n) is 13.3. The summed E-state index contributed by atoms with van der Waals surface area (Å²) < 4.78 is 0. The number of halogens is 1. The van der Waals surface area contributed by atoms with Gasteiger partial charge in [-0.25, -0.2) is 0 Å². The van der Waals surface area contributed by atoms with Crippen molar-refractivity contribution in [2.45, 2.75) is 25.4 Å². The molecule has 1 aromatic rings. The molecule has 1 aromatic carbocycles. The highest BCUT2D eigenvalue weighted by molar-refractivity contribution is 6.30. The zero-order chi connectivity index (χ0) is 16.1. The molecule has 4 nitrogen and oxygen atoms in total. The number of carbonyl (C=O) groups is 1. The SMILES string of the molecule is CN1CCC(CN(C)C(=O)CC(O)c2ccc(Cl)cc2)CC1. The number of likely N-dealkylation sites (tertiary alicyclic amines) is 1. The van der Waals surface area contributed by atoms with Crippen molar-refractivity contribution >= 4 is 17.5 Å². The topological polar surface area (TPSA) is 43.8 Å². The van der Waals surface area contributed by atoms with Gasteiger partial charge in [-0.15, -0.1) is 0 Å². The van der Waals surface area contributed by atoms with Crippen molar-refractivity contribution in [1.82, 2.24) is 9.80 Å². The Morgan fingerprint density at radius 1 is 1.36 bits per heavy atom. The first-order valence-corrected chi connectivity index (χ1v) is 8.19. The van der Waals surface area contributed by atoms with Gasteiger partial charge in [0.2, 0.25) is 5.91 Å². The van der Waals surface area contributed by atoms with Gasteiger partial charge >= 0.3 is 0 Å². The third-order valence-corrected chi connectivity index (χ3v) is 4.67. The second-order valence-electron chi connectivity index (χ2n) is 6.29. The van der Waals surface area contributed by atoms with Crippen LogP contribution >= 0.6 is 11.6 Å². The summed E-state index contributed by atoms with van der Waals surface area (Å²) in [5.74, 6) is 0.555. The maximum Gasteiger partial charge on any atom is 0.225 e. The summed E-state index contributed by atoms with van der Waals surface area (Å²) in [6.07, 6.45) is 1.61. The minimum absolute atomic E-state index is 0.0126. The lowest BCUT2D eigenvalue weighted by Crippen LogP contribution is -2.38. The zero-order valence-corrected chi connectivity index (χ0v) is 14.1. The number of carbonyl (C=O) groups excluding carboxylic acids is 1. The summed E-state index contributed by atoms with van der Waals surface area (Å²) >= 11 is 5.83. The second-order valence-corrected chi connectivity index (χ2v) is 6.73. The molecule has 2 rings (SSSR count). The van der Waals surface area contributed by atoms with Crippen molar-refractivity contribution in [1.29, 1.82) is 0 Å². The number of aliphatic hydroxyl groups is 1. The molecule has 1 saturated heterocycles. The first kappa shape index (κ1) is 17.3. The maximum absolute atomic E-state index is 12.3. The standard InChI is InChI=1S/C17H25ClN2O2/c1-19-9-7-13(8-10-19)12-20(2)17(22)11-16(21)14-3-5-15(18)6-4-14/h3-6,13,16,21H,7-12H2,1-2H3. The number of piperidine rings is 1. The first-order chi connectivity index (χ1) is 10.5. The summed E-state index contributed by atoms with van der Waals surface area (Å²) in [5, 5.41) is 10.8. The number of hydrogen-bond acceptors (Lipinski definition) is 3. The molecule has 0 aliphatic carbocycles. The molecule has 1 N–H and O–H groups in total. The van der Waals surface area contributed by atoms with Crippen LogP contribution < -0.4 is 0 Å². The maximum atomic E-state index is 12.3. The van der Waals surface area contributed by atoms with Crippen LogP contribution in [0.4, 0.5) is 0 Å². The predicted octanol–water partition coefficient (Wildman–Crippen LogP) is 2.56. The van der Waals surface area contributed by atoms with Crippen LogP contribution in [0.5, 0.6) is 0 Å². The van der Waals surface area contributed by atoms with Crippen LogP contribution in [-0.4, -0.2) is 54.5 Å². The average molecular weight is 325 g/mol. The molecule has 1 unspecified atom stereocenters. The van der Waals surface area contributed by atoms with Gasteiger partial charge in [0.05, 0.1) is 12.5 Å². The van der Waals surface area contributed by atoms with E-state index >= 15 is 0 Å². The molecule has 1 fully saturated rings. The molecular weight excluding hydrogens is 300 g/mol. The Morgan fingerprint density at radius 3 is 2.55 bits per heavy atom. The van der Waals surface area contributed by atoms with Crippen molar-refractivity contribution in [3.8, 4) is 0 Å². The van der Waals surface area contributed by atoms with Gasteiger partial charge in [0.1, 0.15) is 0 Å². The van der Waals surface area contributed by atoms with E-state index in [1.807, 2.05) is 7.05 Å². The molecule has 22 heavy (non-hydrogen) atoms. The molecule has 1 aliphatic rings. The number of hydrogen-bond donors (Lipinski definition) is 1. The highest BCUT2D eigenvalue weighted by atomic mass is 35.5. The van der Waals surface area contributed by atoms with Crippen molar-refractivity contribution in [2.75, 3.05) is 33.7 Å². The predicted molar refractivity (Wildman–Crippen MR) is 88.9 cm³/mol. The molecule has 1 aliphatic heterocycles. The van der Waals surface area contributed by atoms with Gasteiger partial charge in [-0.2, -0.15) is 0 Å². The minimum atomic E-state index is -0.773. The smallest absolute Gasteiger partial charge is 0.225 e. The molecule has 1 heterocycles. The van der Waals surface area contributed by atoms with E-state index in [0.717, 1.165) is 38.0 Å². The van der Waals surface area contributed by atoms with E-state index in [0.29, 0.717) is 10.9 Å². The summed E-state index contributed by atoms with van der Waals surface area (Å²) in [6, 6.07) is 6.98. The van der Waals surface area contributed by atoms with Crippen LogP contribution in [0.15, 0.2) is 24.3 Å². The normalized spacial score (nSPS) is 18.2. The minimum Gasteiger partial charge on any atom is -0.388 e. The van der Waals surface area contributed by atoms with Gasteiger partial charge in [0.25, 0.3) is 0 Å². The van der Waals surface area contributed by atoms with Gasteiger partial charge in [-0.1, -0.05) is 23.7 Å². The molecule has 0 aromatic heterocycles. The Kier molecular flexibility index (Phi) is 6.24. The third kappa shape index (κ3) is 4.97. The van der Waals surface area contributed by atoms with Gasteiger partial charge in [0.15, 0.2) is 0 Å².